The SMILES string of the molecule is CN1CC=CCO1.CN1CCCCO1. The molecule has 0 saturated carbocycles. The Hall–Kier alpha value is -0.420. The van der Waals surface area contributed by atoms with E-state index in [1.54, 1.807) is 5.06 Å². The Labute approximate surface area is 86.0 Å². The Balaban J connectivity index is 0.000000140. The van der Waals surface area contributed by atoms with Gasteiger partial charge in [-0.15, -0.1) is 0 Å². The molecular weight excluding hydrogens is 180 g/mol. The summed E-state index contributed by atoms with van der Waals surface area (Å²) < 4.78 is 0. The van der Waals surface area contributed by atoms with E-state index in [1.165, 1.54) is 12.8 Å². The van der Waals surface area contributed by atoms with Gasteiger partial charge in [-0.25, -0.2) is 0 Å². The van der Waals surface area contributed by atoms with E-state index in [-0.39, 0.29) is 0 Å². The zero-order valence-corrected chi connectivity index (χ0v) is 9.11. The minimum atomic E-state index is 0.733. The van der Waals surface area contributed by atoms with E-state index in [1.807, 2.05) is 25.2 Å². The predicted molar refractivity (Wildman–Crippen MR) is 55.5 cm³/mol. The monoisotopic (exact) mass is 200 g/mol. The molecule has 0 aromatic carbocycles. The fourth-order valence-corrected chi connectivity index (χ4v) is 1.24. The van der Waals surface area contributed by atoms with Crippen LogP contribution in [0.25, 0.3) is 0 Å². The average Bonchev–Trinajstić information content (AvgIpc) is 2.21. The second kappa shape index (κ2) is 6.95. The molecule has 1 fully saturated rings. The summed E-state index contributed by atoms with van der Waals surface area (Å²) in [5.41, 5.74) is 0. The third-order valence-corrected chi connectivity index (χ3v) is 2.10. The van der Waals surface area contributed by atoms with Crippen LogP contribution in [0.4, 0.5) is 0 Å². The fourth-order valence-electron chi connectivity index (χ4n) is 1.24. The van der Waals surface area contributed by atoms with Gasteiger partial charge >= 0.3 is 0 Å². The standard InChI is InChI=1S/C5H11NO.C5H9NO/c2*1-6-4-2-3-5-7-6/h2-5H2,1H3;2-3H,4-5H2,1H3. The van der Waals surface area contributed by atoms with E-state index < -0.39 is 0 Å². The van der Waals surface area contributed by atoms with E-state index in [2.05, 4.69) is 6.08 Å². The van der Waals surface area contributed by atoms with E-state index >= 15 is 0 Å². The molecule has 0 bridgehead atoms. The number of nitrogens with zero attached hydrogens (tertiary/aromatic N) is 2. The lowest BCUT2D eigenvalue weighted by atomic mass is 10.3. The molecular formula is C10H20N2O2. The first-order valence-electron chi connectivity index (χ1n) is 5.12. The van der Waals surface area contributed by atoms with Crippen molar-refractivity contribution >= 4 is 0 Å². The molecule has 0 N–H and O–H groups in total. The molecule has 0 aromatic rings. The number of hydrogen-bond donors (Lipinski definition) is 0. The van der Waals surface area contributed by atoms with Crippen LogP contribution in [0.1, 0.15) is 12.8 Å². The molecule has 2 rings (SSSR count). The van der Waals surface area contributed by atoms with Crippen molar-refractivity contribution in [3.63, 3.8) is 0 Å². The highest BCUT2D eigenvalue weighted by Crippen LogP contribution is 2.01. The van der Waals surface area contributed by atoms with Gasteiger partial charge in [-0.2, -0.15) is 10.1 Å². The van der Waals surface area contributed by atoms with Crippen molar-refractivity contribution in [3.05, 3.63) is 12.2 Å². The molecule has 0 unspecified atom stereocenters. The molecule has 14 heavy (non-hydrogen) atoms. The van der Waals surface area contributed by atoms with Crippen molar-refractivity contribution in [1.82, 2.24) is 10.1 Å². The maximum Gasteiger partial charge on any atom is 0.0867 e. The fraction of sp³-hybridized carbons (Fsp3) is 0.800. The number of hydroxylamine groups is 4. The van der Waals surface area contributed by atoms with Crippen LogP contribution in [0.2, 0.25) is 0 Å². The second-order valence-corrected chi connectivity index (χ2v) is 3.47. The molecule has 0 spiro atoms. The highest BCUT2D eigenvalue weighted by molar-refractivity contribution is 4.85. The Kier molecular flexibility index (Phi) is 5.78. The predicted octanol–water partition coefficient (Wildman–Crippen LogP) is 1.06. The number of likely N-dealkylation sites (N-methyl/N-ethyl adjacent to an activating group) is 1. The van der Waals surface area contributed by atoms with Crippen molar-refractivity contribution in [1.29, 1.82) is 0 Å². The summed E-state index contributed by atoms with van der Waals surface area (Å²) >= 11 is 0. The van der Waals surface area contributed by atoms with Crippen molar-refractivity contribution in [2.45, 2.75) is 12.8 Å². The molecule has 0 aliphatic carbocycles. The van der Waals surface area contributed by atoms with Crippen LogP contribution < -0.4 is 0 Å². The highest BCUT2D eigenvalue weighted by Gasteiger charge is 2.02. The molecule has 0 aromatic heterocycles. The lowest BCUT2D eigenvalue weighted by molar-refractivity contribution is -0.161. The summed E-state index contributed by atoms with van der Waals surface area (Å²) in [5, 5.41) is 3.70. The van der Waals surface area contributed by atoms with Gasteiger partial charge in [0.15, 0.2) is 0 Å². The van der Waals surface area contributed by atoms with Crippen LogP contribution in [0, 0.1) is 0 Å². The van der Waals surface area contributed by atoms with Crippen LogP contribution in [-0.2, 0) is 9.68 Å². The third kappa shape index (κ3) is 5.34. The van der Waals surface area contributed by atoms with E-state index in [4.69, 9.17) is 9.68 Å². The Morgan fingerprint density at radius 3 is 2.14 bits per heavy atom. The molecule has 82 valence electrons. The van der Waals surface area contributed by atoms with E-state index in [0.29, 0.717) is 0 Å². The van der Waals surface area contributed by atoms with Crippen LogP contribution in [0.5, 0.6) is 0 Å². The summed E-state index contributed by atoms with van der Waals surface area (Å²) in [5.74, 6) is 0. The molecule has 4 heteroatoms. The quantitative estimate of drug-likeness (QED) is 0.546. The minimum Gasteiger partial charge on any atom is -0.299 e. The lowest BCUT2D eigenvalue weighted by Gasteiger charge is -2.20. The number of hydrogen-bond acceptors (Lipinski definition) is 4. The van der Waals surface area contributed by atoms with Crippen molar-refractivity contribution < 1.29 is 9.68 Å². The summed E-state index contributed by atoms with van der Waals surface area (Å²) in [6, 6.07) is 0. The van der Waals surface area contributed by atoms with Crippen molar-refractivity contribution in [2.75, 3.05) is 40.4 Å². The van der Waals surface area contributed by atoms with Crippen molar-refractivity contribution in [2.24, 2.45) is 0 Å². The van der Waals surface area contributed by atoms with Gasteiger partial charge in [0.05, 0.1) is 13.2 Å². The van der Waals surface area contributed by atoms with Crippen LogP contribution in [0.15, 0.2) is 12.2 Å². The maximum atomic E-state index is 5.11. The maximum absolute atomic E-state index is 5.11. The summed E-state index contributed by atoms with van der Waals surface area (Å²) in [4.78, 5) is 10.1. The molecule has 2 aliphatic heterocycles. The average molecular weight is 200 g/mol. The third-order valence-electron chi connectivity index (χ3n) is 2.10. The molecule has 1 saturated heterocycles. The normalized spacial score (nSPS) is 24.1. The number of rotatable bonds is 0. The Morgan fingerprint density at radius 2 is 1.86 bits per heavy atom. The second-order valence-electron chi connectivity index (χ2n) is 3.47. The molecule has 2 aliphatic rings. The van der Waals surface area contributed by atoms with Gasteiger partial charge in [0.25, 0.3) is 0 Å². The van der Waals surface area contributed by atoms with Gasteiger partial charge in [0, 0.05) is 27.2 Å². The van der Waals surface area contributed by atoms with Crippen LogP contribution in [0.3, 0.4) is 0 Å². The first-order chi connectivity index (χ1) is 6.79. The first-order valence-corrected chi connectivity index (χ1v) is 5.12. The summed E-state index contributed by atoms with van der Waals surface area (Å²) in [6.45, 7) is 3.66. The van der Waals surface area contributed by atoms with Gasteiger partial charge < -0.3 is 0 Å². The minimum absolute atomic E-state index is 0.733. The van der Waals surface area contributed by atoms with E-state index in [0.717, 1.165) is 26.3 Å². The molecule has 4 nitrogen and oxygen atoms in total. The van der Waals surface area contributed by atoms with Crippen LogP contribution in [-0.4, -0.2) is 50.5 Å². The molecule has 0 amide bonds. The van der Waals surface area contributed by atoms with Gasteiger partial charge in [-0.1, -0.05) is 12.2 Å². The molecule has 0 atom stereocenters. The highest BCUT2D eigenvalue weighted by atomic mass is 16.7. The lowest BCUT2D eigenvalue weighted by Crippen LogP contribution is -2.25. The van der Waals surface area contributed by atoms with Gasteiger partial charge in [-0.05, 0) is 12.8 Å². The van der Waals surface area contributed by atoms with Gasteiger partial charge in [-0.3, -0.25) is 9.68 Å². The first kappa shape index (κ1) is 11.7. The van der Waals surface area contributed by atoms with Crippen molar-refractivity contribution in [3.8, 4) is 0 Å². The largest absolute Gasteiger partial charge is 0.299 e. The smallest absolute Gasteiger partial charge is 0.0867 e. The molecule has 0 radical (unpaired) electrons. The topological polar surface area (TPSA) is 24.9 Å². The van der Waals surface area contributed by atoms with Crippen LogP contribution >= 0.6 is 0 Å². The molecule has 2 heterocycles. The zero-order valence-electron chi connectivity index (χ0n) is 9.11. The Morgan fingerprint density at radius 1 is 1.00 bits per heavy atom. The Bertz CT molecular complexity index is 168. The van der Waals surface area contributed by atoms with Gasteiger partial charge in [0.2, 0.25) is 0 Å². The zero-order chi connectivity index (χ0) is 10.2. The van der Waals surface area contributed by atoms with Gasteiger partial charge in [0.1, 0.15) is 0 Å². The van der Waals surface area contributed by atoms with E-state index in [9.17, 15) is 0 Å². The summed E-state index contributed by atoms with van der Waals surface area (Å²) in [6.07, 6.45) is 6.62. The summed E-state index contributed by atoms with van der Waals surface area (Å²) in [7, 11) is 3.89.